The van der Waals surface area contributed by atoms with E-state index >= 15 is 0 Å². The summed E-state index contributed by atoms with van der Waals surface area (Å²) >= 11 is 0. The molecule has 0 radical (unpaired) electrons. The van der Waals surface area contributed by atoms with Crippen LogP contribution in [0, 0.1) is 5.82 Å². The van der Waals surface area contributed by atoms with Gasteiger partial charge in [0.1, 0.15) is 17.1 Å². The summed E-state index contributed by atoms with van der Waals surface area (Å²) in [5.74, 6) is -4.53. The molecule has 15 heavy (non-hydrogen) atoms. The Kier molecular flexibility index (Phi) is 2.57. The third-order valence-corrected chi connectivity index (χ3v) is 1.62. The fourth-order valence-corrected chi connectivity index (χ4v) is 0.951. The molecular weight excluding hydrogens is 220 g/mol. The van der Waals surface area contributed by atoms with Crippen molar-refractivity contribution in [1.29, 1.82) is 0 Å². The maximum Gasteiger partial charge on any atom is 0.419 e. The molecule has 0 saturated carbocycles. The molecule has 0 unspecified atom stereocenters. The van der Waals surface area contributed by atoms with Gasteiger partial charge >= 0.3 is 12.1 Å². The van der Waals surface area contributed by atoms with Crippen LogP contribution in [0.1, 0.15) is 15.9 Å². The van der Waals surface area contributed by atoms with Crippen LogP contribution in [0.2, 0.25) is 0 Å². The van der Waals surface area contributed by atoms with Crippen LogP contribution in [0.25, 0.3) is 0 Å². The second-order valence-corrected chi connectivity index (χ2v) is 2.65. The summed E-state index contributed by atoms with van der Waals surface area (Å²) in [5, 5.41) is 17.3. The van der Waals surface area contributed by atoms with Crippen molar-refractivity contribution >= 4 is 5.97 Å². The van der Waals surface area contributed by atoms with Crippen molar-refractivity contribution in [2.45, 2.75) is 6.18 Å². The zero-order valence-electron chi connectivity index (χ0n) is 6.97. The lowest BCUT2D eigenvalue weighted by Crippen LogP contribution is -2.10. The predicted octanol–water partition coefficient (Wildman–Crippen LogP) is 2.25. The van der Waals surface area contributed by atoms with Crippen molar-refractivity contribution in [3.63, 3.8) is 0 Å². The number of hydrogen-bond donors (Lipinski definition) is 2. The first-order valence-electron chi connectivity index (χ1n) is 3.56. The van der Waals surface area contributed by atoms with Crippen LogP contribution in [0.3, 0.4) is 0 Å². The van der Waals surface area contributed by atoms with Gasteiger partial charge in [0, 0.05) is 6.07 Å². The molecule has 82 valence electrons. The summed E-state index contributed by atoms with van der Waals surface area (Å²) in [6.07, 6.45) is -5.00. The first kappa shape index (κ1) is 11.3. The number of carboxylic acid groups (broad SMARTS) is 1. The highest BCUT2D eigenvalue weighted by Gasteiger charge is 2.35. The maximum absolute atomic E-state index is 12.7. The van der Waals surface area contributed by atoms with Gasteiger partial charge in [-0.05, 0) is 6.07 Å². The molecular formula is C8H4F4O3. The van der Waals surface area contributed by atoms with Gasteiger partial charge in [0.05, 0.1) is 5.56 Å². The van der Waals surface area contributed by atoms with Crippen molar-refractivity contribution in [2.24, 2.45) is 0 Å². The minimum absolute atomic E-state index is 0.0486. The predicted molar refractivity (Wildman–Crippen MR) is 40.0 cm³/mol. The molecule has 0 aromatic heterocycles. The number of aromatic hydroxyl groups is 1. The van der Waals surface area contributed by atoms with Crippen LogP contribution < -0.4 is 0 Å². The molecule has 3 nitrogen and oxygen atoms in total. The lowest BCUT2D eigenvalue weighted by Gasteiger charge is -2.09. The highest BCUT2D eigenvalue weighted by molar-refractivity contribution is 5.91. The molecule has 7 heteroatoms. The number of aromatic carboxylic acids is 1. The second-order valence-electron chi connectivity index (χ2n) is 2.65. The highest BCUT2D eigenvalue weighted by Crippen LogP contribution is 2.34. The molecule has 0 atom stereocenters. The van der Waals surface area contributed by atoms with E-state index in [1.807, 2.05) is 0 Å². The number of rotatable bonds is 1. The number of halogens is 4. The lowest BCUT2D eigenvalue weighted by molar-refractivity contribution is -0.140. The van der Waals surface area contributed by atoms with Gasteiger partial charge in [-0.25, -0.2) is 9.18 Å². The van der Waals surface area contributed by atoms with E-state index in [-0.39, 0.29) is 12.1 Å². The first-order chi connectivity index (χ1) is 6.73. The number of carboxylic acids is 1. The number of phenols is 1. The summed E-state index contributed by atoms with van der Waals surface area (Å²) in [6, 6.07) is 0.166. The van der Waals surface area contributed by atoms with E-state index in [4.69, 9.17) is 10.2 Å². The van der Waals surface area contributed by atoms with Gasteiger partial charge in [-0.15, -0.1) is 0 Å². The molecule has 1 aromatic carbocycles. The van der Waals surface area contributed by atoms with Crippen LogP contribution >= 0.6 is 0 Å². The van der Waals surface area contributed by atoms with E-state index in [2.05, 4.69) is 0 Å². The molecule has 1 rings (SSSR count). The van der Waals surface area contributed by atoms with Gasteiger partial charge in [0.25, 0.3) is 0 Å². The first-order valence-corrected chi connectivity index (χ1v) is 3.56. The van der Waals surface area contributed by atoms with E-state index in [1.165, 1.54) is 0 Å². The van der Waals surface area contributed by atoms with E-state index in [1.54, 1.807) is 0 Å². The van der Waals surface area contributed by atoms with Crippen molar-refractivity contribution in [2.75, 3.05) is 0 Å². The standard InChI is InChI=1S/C8H4F4O3/c9-5-2-6(13)3(7(14)15)1-4(5)8(10,11)12/h1-2,13H,(H,14,15). The molecule has 0 amide bonds. The van der Waals surface area contributed by atoms with Gasteiger partial charge in [0.2, 0.25) is 0 Å². The summed E-state index contributed by atoms with van der Waals surface area (Å²) < 4.78 is 49.0. The smallest absolute Gasteiger partial charge is 0.419 e. The van der Waals surface area contributed by atoms with Crippen LogP contribution in [-0.2, 0) is 6.18 Å². The zero-order valence-corrected chi connectivity index (χ0v) is 6.97. The molecule has 0 aliphatic carbocycles. The van der Waals surface area contributed by atoms with Crippen LogP contribution in [0.5, 0.6) is 5.75 Å². The third kappa shape index (κ3) is 2.17. The van der Waals surface area contributed by atoms with Gasteiger partial charge < -0.3 is 10.2 Å². The summed E-state index contributed by atoms with van der Waals surface area (Å²) in [5.41, 5.74) is -2.72. The Morgan fingerprint density at radius 1 is 1.27 bits per heavy atom. The summed E-state index contributed by atoms with van der Waals surface area (Å²) in [7, 11) is 0. The minimum Gasteiger partial charge on any atom is -0.507 e. The van der Waals surface area contributed by atoms with E-state index in [9.17, 15) is 22.4 Å². The van der Waals surface area contributed by atoms with Crippen molar-refractivity contribution in [3.05, 3.63) is 29.1 Å². The largest absolute Gasteiger partial charge is 0.507 e. The molecule has 0 heterocycles. The van der Waals surface area contributed by atoms with Gasteiger partial charge in [0.15, 0.2) is 0 Å². The Morgan fingerprint density at radius 2 is 1.80 bits per heavy atom. The van der Waals surface area contributed by atoms with Gasteiger partial charge in [-0.1, -0.05) is 0 Å². The number of alkyl halides is 3. The van der Waals surface area contributed by atoms with Crippen molar-refractivity contribution in [1.82, 2.24) is 0 Å². The minimum atomic E-state index is -5.00. The molecule has 2 N–H and O–H groups in total. The monoisotopic (exact) mass is 224 g/mol. The second kappa shape index (κ2) is 3.41. The molecule has 0 bridgehead atoms. The number of carbonyl (C=O) groups is 1. The molecule has 0 spiro atoms. The quantitative estimate of drug-likeness (QED) is 0.719. The average molecular weight is 224 g/mol. The Labute approximate surface area is 80.6 Å². The molecule has 0 saturated heterocycles. The molecule has 1 aromatic rings. The fourth-order valence-electron chi connectivity index (χ4n) is 0.951. The average Bonchev–Trinajstić information content (AvgIpc) is 2.00. The zero-order chi connectivity index (χ0) is 11.8. The fraction of sp³-hybridized carbons (Fsp3) is 0.125. The third-order valence-electron chi connectivity index (χ3n) is 1.62. The van der Waals surface area contributed by atoms with Gasteiger partial charge in [-0.3, -0.25) is 0 Å². The Bertz CT molecular complexity index is 411. The lowest BCUT2D eigenvalue weighted by atomic mass is 10.1. The molecule has 0 aliphatic heterocycles. The van der Waals surface area contributed by atoms with E-state index < -0.39 is 34.8 Å². The Morgan fingerprint density at radius 3 is 2.20 bits per heavy atom. The van der Waals surface area contributed by atoms with E-state index in [0.29, 0.717) is 0 Å². The molecule has 0 aliphatic rings. The SMILES string of the molecule is O=C(O)c1cc(C(F)(F)F)c(F)cc1O. The summed E-state index contributed by atoms with van der Waals surface area (Å²) in [6.45, 7) is 0. The normalized spacial score (nSPS) is 11.5. The summed E-state index contributed by atoms with van der Waals surface area (Å²) in [4.78, 5) is 10.4. The van der Waals surface area contributed by atoms with Crippen molar-refractivity contribution < 1.29 is 32.6 Å². The number of hydrogen-bond acceptors (Lipinski definition) is 2. The van der Waals surface area contributed by atoms with E-state index in [0.717, 1.165) is 0 Å². The van der Waals surface area contributed by atoms with Gasteiger partial charge in [-0.2, -0.15) is 13.2 Å². The Balaban J connectivity index is 3.43. The molecule has 0 fully saturated rings. The highest BCUT2D eigenvalue weighted by atomic mass is 19.4. The van der Waals surface area contributed by atoms with Crippen LogP contribution in [-0.4, -0.2) is 16.2 Å². The topological polar surface area (TPSA) is 57.5 Å². The Hall–Kier alpha value is -1.79. The van der Waals surface area contributed by atoms with Crippen LogP contribution in [0.15, 0.2) is 12.1 Å². The van der Waals surface area contributed by atoms with Crippen LogP contribution in [0.4, 0.5) is 17.6 Å². The van der Waals surface area contributed by atoms with Crippen molar-refractivity contribution in [3.8, 4) is 5.75 Å². The number of benzene rings is 1. The maximum atomic E-state index is 12.7.